The molecule has 0 atom stereocenters. The normalized spacial score (nSPS) is 11.1. The standard InChI is InChI=1S/C19H15F3N4O/c20-19(21,22)13-4-3-6-14(10-13)26-18(27)17-8-7-16(12-25-17)24-11-15-5-1-2-9-23-15/h1-10,12,24H,11H2,(H,26,27). The van der Waals surface area contributed by atoms with Gasteiger partial charge in [0.15, 0.2) is 0 Å². The summed E-state index contributed by atoms with van der Waals surface area (Å²) in [6.45, 7) is 0.498. The molecule has 0 radical (unpaired) electrons. The molecule has 2 aromatic heterocycles. The summed E-state index contributed by atoms with van der Waals surface area (Å²) in [4.78, 5) is 20.4. The molecular weight excluding hydrogens is 357 g/mol. The summed E-state index contributed by atoms with van der Waals surface area (Å²) in [7, 11) is 0. The first kappa shape index (κ1) is 18.4. The van der Waals surface area contributed by atoms with Crippen LogP contribution in [-0.2, 0) is 12.7 Å². The van der Waals surface area contributed by atoms with E-state index < -0.39 is 17.6 Å². The van der Waals surface area contributed by atoms with Crippen molar-refractivity contribution in [2.75, 3.05) is 10.6 Å². The third-order valence-electron chi connectivity index (χ3n) is 3.64. The fourth-order valence-corrected chi connectivity index (χ4v) is 2.30. The van der Waals surface area contributed by atoms with Crippen LogP contribution < -0.4 is 10.6 Å². The van der Waals surface area contributed by atoms with Gasteiger partial charge < -0.3 is 10.6 Å². The molecule has 0 fully saturated rings. The van der Waals surface area contributed by atoms with Gasteiger partial charge in [0.1, 0.15) is 5.69 Å². The van der Waals surface area contributed by atoms with Crippen LogP contribution in [0.3, 0.4) is 0 Å². The van der Waals surface area contributed by atoms with Gasteiger partial charge in [0.25, 0.3) is 5.91 Å². The van der Waals surface area contributed by atoms with Gasteiger partial charge in [-0.25, -0.2) is 4.98 Å². The third-order valence-corrected chi connectivity index (χ3v) is 3.64. The van der Waals surface area contributed by atoms with Crippen molar-refractivity contribution in [3.05, 3.63) is 83.9 Å². The zero-order chi connectivity index (χ0) is 19.3. The maximum atomic E-state index is 12.7. The summed E-state index contributed by atoms with van der Waals surface area (Å²) < 4.78 is 38.2. The van der Waals surface area contributed by atoms with Crippen LogP contribution in [0, 0.1) is 0 Å². The fourth-order valence-electron chi connectivity index (χ4n) is 2.30. The van der Waals surface area contributed by atoms with Crippen LogP contribution in [0.5, 0.6) is 0 Å². The molecule has 0 saturated carbocycles. The zero-order valence-electron chi connectivity index (χ0n) is 14.0. The number of hydrogen-bond acceptors (Lipinski definition) is 4. The highest BCUT2D eigenvalue weighted by Gasteiger charge is 2.30. The molecule has 1 aromatic carbocycles. The zero-order valence-corrected chi connectivity index (χ0v) is 14.0. The molecule has 2 heterocycles. The van der Waals surface area contributed by atoms with E-state index in [0.717, 1.165) is 17.8 Å². The molecule has 1 amide bonds. The lowest BCUT2D eigenvalue weighted by atomic mass is 10.2. The van der Waals surface area contributed by atoms with Crippen molar-refractivity contribution in [1.29, 1.82) is 0 Å². The minimum absolute atomic E-state index is 0.0500. The number of aromatic nitrogens is 2. The number of alkyl halides is 3. The monoisotopic (exact) mass is 372 g/mol. The van der Waals surface area contributed by atoms with E-state index in [-0.39, 0.29) is 11.4 Å². The summed E-state index contributed by atoms with van der Waals surface area (Å²) in [5.74, 6) is -0.592. The number of amides is 1. The molecule has 5 nitrogen and oxygen atoms in total. The minimum atomic E-state index is -4.47. The van der Waals surface area contributed by atoms with E-state index in [2.05, 4.69) is 20.6 Å². The number of nitrogens with one attached hydrogen (secondary N) is 2. The van der Waals surface area contributed by atoms with Crippen LogP contribution in [0.2, 0.25) is 0 Å². The smallest absolute Gasteiger partial charge is 0.378 e. The van der Waals surface area contributed by atoms with Gasteiger partial charge in [-0.05, 0) is 42.5 Å². The SMILES string of the molecule is O=C(Nc1cccc(C(F)(F)F)c1)c1ccc(NCc2ccccn2)cn1. The number of carbonyl (C=O) groups is 1. The van der Waals surface area contributed by atoms with Crippen LogP contribution in [0.25, 0.3) is 0 Å². The Morgan fingerprint density at radius 3 is 2.48 bits per heavy atom. The van der Waals surface area contributed by atoms with Crippen LogP contribution >= 0.6 is 0 Å². The van der Waals surface area contributed by atoms with Crippen molar-refractivity contribution in [2.45, 2.75) is 12.7 Å². The number of halogens is 3. The highest BCUT2D eigenvalue weighted by molar-refractivity contribution is 6.03. The lowest BCUT2D eigenvalue weighted by molar-refractivity contribution is -0.137. The Hall–Kier alpha value is -3.42. The molecule has 0 saturated heterocycles. The van der Waals surface area contributed by atoms with Crippen molar-refractivity contribution in [3.63, 3.8) is 0 Å². The number of nitrogens with zero attached hydrogens (tertiary/aromatic N) is 2. The van der Waals surface area contributed by atoms with Crippen LogP contribution in [0.1, 0.15) is 21.7 Å². The Kier molecular flexibility index (Phi) is 5.35. The van der Waals surface area contributed by atoms with Crippen molar-refractivity contribution in [1.82, 2.24) is 9.97 Å². The Bertz CT molecular complexity index is 912. The van der Waals surface area contributed by atoms with E-state index in [1.54, 1.807) is 12.3 Å². The highest BCUT2D eigenvalue weighted by Crippen LogP contribution is 2.30. The lowest BCUT2D eigenvalue weighted by Crippen LogP contribution is -2.14. The van der Waals surface area contributed by atoms with Gasteiger partial charge in [-0.15, -0.1) is 0 Å². The van der Waals surface area contributed by atoms with Gasteiger partial charge in [-0.2, -0.15) is 13.2 Å². The number of carbonyl (C=O) groups excluding carboxylic acids is 1. The van der Waals surface area contributed by atoms with Crippen molar-refractivity contribution < 1.29 is 18.0 Å². The van der Waals surface area contributed by atoms with E-state index in [0.29, 0.717) is 12.2 Å². The Labute approximate surface area is 153 Å². The predicted molar refractivity (Wildman–Crippen MR) is 95.2 cm³/mol. The van der Waals surface area contributed by atoms with Gasteiger partial charge in [-0.1, -0.05) is 12.1 Å². The van der Waals surface area contributed by atoms with Gasteiger partial charge in [-0.3, -0.25) is 9.78 Å². The molecule has 3 rings (SSSR count). The first-order chi connectivity index (χ1) is 12.9. The van der Waals surface area contributed by atoms with E-state index in [4.69, 9.17) is 0 Å². The van der Waals surface area contributed by atoms with E-state index in [1.165, 1.54) is 24.4 Å². The quantitative estimate of drug-likeness (QED) is 0.698. The second-order valence-corrected chi connectivity index (χ2v) is 5.64. The van der Waals surface area contributed by atoms with Gasteiger partial charge in [0, 0.05) is 11.9 Å². The molecule has 0 aliphatic rings. The van der Waals surface area contributed by atoms with Gasteiger partial charge in [0.2, 0.25) is 0 Å². The molecule has 8 heteroatoms. The van der Waals surface area contributed by atoms with Crippen LogP contribution in [0.4, 0.5) is 24.5 Å². The van der Waals surface area contributed by atoms with Gasteiger partial charge >= 0.3 is 6.18 Å². The fraction of sp³-hybridized carbons (Fsp3) is 0.105. The molecule has 0 unspecified atom stereocenters. The average Bonchev–Trinajstić information content (AvgIpc) is 2.67. The Morgan fingerprint density at radius 2 is 1.81 bits per heavy atom. The number of pyridine rings is 2. The predicted octanol–water partition coefficient (Wildman–Crippen LogP) is 4.36. The molecule has 0 bridgehead atoms. The topological polar surface area (TPSA) is 66.9 Å². The number of hydrogen-bond donors (Lipinski definition) is 2. The number of anilines is 2. The molecular formula is C19H15F3N4O. The second kappa shape index (κ2) is 7.86. The summed E-state index contributed by atoms with van der Waals surface area (Å²) in [5, 5.41) is 5.54. The molecule has 2 N–H and O–H groups in total. The molecule has 0 aliphatic heterocycles. The van der Waals surface area contributed by atoms with E-state index in [9.17, 15) is 18.0 Å². The van der Waals surface area contributed by atoms with Crippen molar-refractivity contribution in [3.8, 4) is 0 Å². The highest BCUT2D eigenvalue weighted by atomic mass is 19.4. The third kappa shape index (κ3) is 5.04. The largest absolute Gasteiger partial charge is 0.416 e. The van der Waals surface area contributed by atoms with E-state index >= 15 is 0 Å². The molecule has 0 spiro atoms. The van der Waals surface area contributed by atoms with Crippen molar-refractivity contribution >= 4 is 17.3 Å². The lowest BCUT2D eigenvalue weighted by Gasteiger charge is -2.10. The van der Waals surface area contributed by atoms with E-state index in [1.807, 2.05) is 18.2 Å². The summed E-state index contributed by atoms with van der Waals surface area (Å²) in [6, 6.07) is 13.2. The number of rotatable bonds is 5. The summed E-state index contributed by atoms with van der Waals surface area (Å²) >= 11 is 0. The molecule has 0 aliphatic carbocycles. The first-order valence-electron chi connectivity index (χ1n) is 8.00. The first-order valence-corrected chi connectivity index (χ1v) is 8.00. The summed E-state index contributed by atoms with van der Waals surface area (Å²) in [6.07, 6.45) is -1.31. The minimum Gasteiger partial charge on any atom is -0.378 e. The maximum Gasteiger partial charge on any atom is 0.416 e. The van der Waals surface area contributed by atoms with Crippen LogP contribution in [-0.4, -0.2) is 15.9 Å². The summed E-state index contributed by atoms with van der Waals surface area (Å²) in [5.41, 5.74) is 0.854. The molecule has 3 aromatic rings. The molecule has 138 valence electrons. The second-order valence-electron chi connectivity index (χ2n) is 5.64. The van der Waals surface area contributed by atoms with Crippen molar-refractivity contribution in [2.24, 2.45) is 0 Å². The molecule has 27 heavy (non-hydrogen) atoms. The van der Waals surface area contributed by atoms with Crippen LogP contribution in [0.15, 0.2) is 67.0 Å². The number of benzene rings is 1. The maximum absolute atomic E-state index is 12.7. The Balaban J connectivity index is 1.62. The van der Waals surface area contributed by atoms with Gasteiger partial charge in [0.05, 0.1) is 29.7 Å². The average molecular weight is 372 g/mol. The Morgan fingerprint density at radius 1 is 0.963 bits per heavy atom.